The quantitative estimate of drug-likeness (QED) is 0.745. The number of ether oxygens (including phenoxy) is 1. The minimum absolute atomic E-state index is 0.0166. The maximum absolute atomic E-state index is 12.3. The van der Waals surface area contributed by atoms with E-state index >= 15 is 0 Å². The highest BCUT2D eigenvalue weighted by atomic mass is 16.5. The predicted octanol–water partition coefficient (Wildman–Crippen LogP) is 1.88. The number of rotatable bonds is 4. The maximum atomic E-state index is 12.3. The lowest BCUT2D eigenvalue weighted by molar-refractivity contribution is -0.121. The van der Waals surface area contributed by atoms with Crippen LogP contribution in [0.2, 0.25) is 0 Å². The van der Waals surface area contributed by atoms with Gasteiger partial charge in [-0.1, -0.05) is 0 Å². The molecule has 3 aromatic rings. The van der Waals surface area contributed by atoms with E-state index in [1.54, 1.807) is 18.0 Å². The summed E-state index contributed by atoms with van der Waals surface area (Å²) in [4.78, 5) is 12.3. The van der Waals surface area contributed by atoms with Crippen molar-refractivity contribution in [3.05, 3.63) is 36.7 Å². The molecular weight excluding hydrogens is 332 g/mol. The van der Waals surface area contributed by atoms with Crippen LogP contribution >= 0.6 is 0 Å². The Bertz CT molecular complexity index is 921. The first-order chi connectivity index (χ1) is 12.7. The van der Waals surface area contributed by atoms with Crippen molar-refractivity contribution >= 4 is 17.2 Å². The molecule has 3 heterocycles. The first-order valence-corrected chi connectivity index (χ1v) is 8.64. The number of methoxy groups -OCH3 is 1. The average molecular weight is 352 g/mol. The van der Waals surface area contributed by atoms with E-state index in [9.17, 15) is 4.79 Å². The van der Waals surface area contributed by atoms with E-state index in [1.807, 2.05) is 30.3 Å². The van der Waals surface area contributed by atoms with Crippen molar-refractivity contribution in [2.24, 2.45) is 0 Å². The summed E-state index contributed by atoms with van der Waals surface area (Å²) < 4.78 is 6.83. The second-order valence-electron chi connectivity index (χ2n) is 6.25. The zero-order chi connectivity index (χ0) is 17.9. The van der Waals surface area contributed by atoms with Crippen LogP contribution in [0.3, 0.4) is 0 Å². The SMILES string of the molecule is COc1ccc(-c2cc(NC3CCCCNC3=O)c3nncn3n2)cc1. The average Bonchev–Trinajstić information content (AvgIpc) is 3.06. The minimum Gasteiger partial charge on any atom is -0.497 e. The second-order valence-corrected chi connectivity index (χ2v) is 6.25. The zero-order valence-corrected chi connectivity index (χ0v) is 14.5. The molecule has 2 aromatic heterocycles. The molecule has 1 aromatic carbocycles. The molecule has 4 rings (SSSR count). The molecule has 8 heteroatoms. The van der Waals surface area contributed by atoms with Crippen molar-refractivity contribution in [3.63, 3.8) is 0 Å². The molecule has 8 nitrogen and oxygen atoms in total. The maximum Gasteiger partial charge on any atom is 0.242 e. The Labute approximate surface area is 150 Å². The van der Waals surface area contributed by atoms with Crippen LogP contribution in [0, 0.1) is 0 Å². The number of aromatic nitrogens is 4. The number of nitrogens with one attached hydrogen (secondary N) is 2. The summed E-state index contributed by atoms with van der Waals surface area (Å²) in [5.41, 5.74) is 3.04. The van der Waals surface area contributed by atoms with Gasteiger partial charge in [-0.25, -0.2) is 0 Å². The van der Waals surface area contributed by atoms with Crippen molar-refractivity contribution in [3.8, 4) is 17.0 Å². The minimum atomic E-state index is -0.288. The molecule has 134 valence electrons. The summed E-state index contributed by atoms with van der Waals surface area (Å²) >= 11 is 0. The second kappa shape index (κ2) is 6.99. The third-order valence-electron chi connectivity index (χ3n) is 4.52. The van der Waals surface area contributed by atoms with Crippen LogP contribution in [-0.4, -0.2) is 45.4 Å². The first-order valence-electron chi connectivity index (χ1n) is 8.64. The molecule has 0 saturated carbocycles. The van der Waals surface area contributed by atoms with Gasteiger partial charge in [0.15, 0.2) is 0 Å². The summed E-state index contributed by atoms with van der Waals surface area (Å²) in [6.45, 7) is 0.727. The van der Waals surface area contributed by atoms with Gasteiger partial charge in [-0.2, -0.15) is 9.61 Å². The lowest BCUT2D eigenvalue weighted by atomic mass is 10.1. The van der Waals surface area contributed by atoms with Gasteiger partial charge in [-0.15, -0.1) is 10.2 Å². The van der Waals surface area contributed by atoms with Crippen LogP contribution in [0.1, 0.15) is 19.3 Å². The number of amides is 1. The molecule has 0 radical (unpaired) electrons. The summed E-state index contributed by atoms with van der Waals surface area (Å²) in [7, 11) is 1.64. The molecule has 1 amide bonds. The zero-order valence-electron chi connectivity index (χ0n) is 14.5. The smallest absolute Gasteiger partial charge is 0.242 e. The number of nitrogens with zero attached hydrogens (tertiary/aromatic N) is 4. The van der Waals surface area contributed by atoms with Crippen LogP contribution in [0.25, 0.3) is 16.9 Å². The van der Waals surface area contributed by atoms with Gasteiger partial charge in [0.05, 0.1) is 18.5 Å². The number of hydrogen-bond acceptors (Lipinski definition) is 6. The molecule has 26 heavy (non-hydrogen) atoms. The molecule has 1 unspecified atom stereocenters. The Morgan fingerprint density at radius 2 is 2.12 bits per heavy atom. The molecule has 1 saturated heterocycles. The molecule has 0 bridgehead atoms. The molecular formula is C18H20N6O2. The summed E-state index contributed by atoms with van der Waals surface area (Å²) in [5.74, 6) is 0.801. The van der Waals surface area contributed by atoms with Crippen LogP contribution < -0.4 is 15.4 Å². The number of benzene rings is 1. The number of fused-ring (bicyclic) bond motifs is 1. The fraction of sp³-hybridized carbons (Fsp3) is 0.333. The largest absolute Gasteiger partial charge is 0.497 e. The molecule has 1 fully saturated rings. The Morgan fingerprint density at radius 3 is 2.92 bits per heavy atom. The van der Waals surface area contributed by atoms with E-state index in [0.717, 1.165) is 48.5 Å². The van der Waals surface area contributed by atoms with Crippen molar-refractivity contribution in [2.75, 3.05) is 19.0 Å². The van der Waals surface area contributed by atoms with Gasteiger partial charge in [-0.3, -0.25) is 4.79 Å². The monoisotopic (exact) mass is 352 g/mol. The standard InChI is InChI=1S/C18H20N6O2/c1-26-13-7-5-12(6-8-13)15-10-16(17-22-20-11-24(17)23-15)21-14-4-2-3-9-19-18(14)25/h5-8,10-11,14,21H,2-4,9H2,1H3,(H,19,25). The van der Waals surface area contributed by atoms with Crippen molar-refractivity contribution in [2.45, 2.75) is 25.3 Å². The van der Waals surface area contributed by atoms with Crippen molar-refractivity contribution in [1.82, 2.24) is 25.1 Å². The van der Waals surface area contributed by atoms with Crippen LogP contribution in [0.5, 0.6) is 5.75 Å². The Hall–Kier alpha value is -3.16. The predicted molar refractivity (Wildman–Crippen MR) is 97.0 cm³/mol. The van der Waals surface area contributed by atoms with Crippen LogP contribution in [0.15, 0.2) is 36.7 Å². The Kier molecular flexibility index (Phi) is 4.39. The Morgan fingerprint density at radius 1 is 1.27 bits per heavy atom. The molecule has 0 aliphatic carbocycles. The third kappa shape index (κ3) is 3.17. The number of carbonyl (C=O) groups is 1. The Balaban J connectivity index is 1.71. The number of carbonyl (C=O) groups excluding carboxylic acids is 1. The highest BCUT2D eigenvalue weighted by Crippen LogP contribution is 2.26. The fourth-order valence-electron chi connectivity index (χ4n) is 3.10. The van der Waals surface area contributed by atoms with Crippen LogP contribution in [-0.2, 0) is 4.79 Å². The fourth-order valence-corrected chi connectivity index (χ4v) is 3.10. The molecule has 1 aliphatic heterocycles. The summed E-state index contributed by atoms with van der Waals surface area (Å²) in [6, 6.07) is 9.28. The van der Waals surface area contributed by atoms with E-state index in [1.165, 1.54) is 0 Å². The number of hydrogen-bond donors (Lipinski definition) is 2. The lowest BCUT2D eigenvalue weighted by Gasteiger charge is -2.17. The first kappa shape index (κ1) is 16.3. The van der Waals surface area contributed by atoms with Gasteiger partial charge in [0.25, 0.3) is 0 Å². The summed E-state index contributed by atoms with van der Waals surface area (Å²) in [6.07, 6.45) is 4.33. The third-order valence-corrected chi connectivity index (χ3v) is 4.52. The highest BCUT2D eigenvalue weighted by molar-refractivity contribution is 5.86. The molecule has 1 aliphatic rings. The van der Waals surface area contributed by atoms with E-state index in [-0.39, 0.29) is 11.9 Å². The van der Waals surface area contributed by atoms with Gasteiger partial charge in [0.2, 0.25) is 11.6 Å². The molecule has 2 N–H and O–H groups in total. The summed E-state index contributed by atoms with van der Waals surface area (Å²) in [5, 5.41) is 18.9. The lowest BCUT2D eigenvalue weighted by Crippen LogP contribution is -2.38. The number of anilines is 1. The topological polar surface area (TPSA) is 93.4 Å². The van der Waals surface area contributed by atoms with E-state index < -0.39 is 0 Å². The van der Waals surface area contributed by atoms with Gasteiger partial charge in [0.1, 0.15) is 18.1 Å². The van der Waals surface area contributed by atoms with Crippen LogP contribution in [0.4, 0.5) is 5.69 Å². The molecule has 0 spiro atoms. The highest BCUT2D eigenvalue weighted by Gasteiger charge is 2.22. The van der Waals surface area contributed by atoms with Gasteiger partial charge < -0.3 is 15.4 Å². The van der Waals surface area contributed by atoms with E-state index in [0.29, 0.717) is 5.65 Å². The van der Waals surface area contributed by atoms with Crippen molar-refractivity contribution < 1.29 is 9.53 Å². The van der Waals surface area contributed by atoms with Crippen molar-refractivity contribution in [1.29, 1.82) is 0 Å². The van der Waals surface area contributed by atoms with E-state index in [4.69, 9.17) is 4.74 Å². The normalized spacial score (nSPS) is 17.6. The van der Waals surface area contributed by atoms with Gasteiger partial charge >= 0.3 is 0 Å². The van der Waals surface area contributed by atoms with Gasteiger partial charge in [0, 0.05) is 12.1 Å². The molecule has 1 atom stereocenters. The van der Waals surface area contributed by atoms with Gasteiger partial charge in [-0.05, 0) is 49.6 Å². The van der Waals surface area contributed by atoms with E-state index in [2.05, 4.69) is 25.9 Å².